The summed E-state index contributed by atoms with van der Waals surface area (Å²) >= 11 is 0. The van der Waals surface area contributed by atoms with Gasteiger partial charge in [-0.15, -0.1) is 0 Å². The van der Waals surface area contributed by atoms with Crippen LogP contribution in [0.2, 0.25) is 0 Å². The molecule has 1 unspecified atom stereocenters. The molecule has 4 heteroatoms. The molecule has 0 amide bonds. The summed E-state index contributed by atoms with van der Waals surface area (Å²) in [6.07, 6.45) is 3.36. The van der Waals surface area contributed by atoms with E-state index in [1.807, 2.05) is 11.7 Å². The molecule has 1 saturated heterocycles. The van der Waals surface area contributed by atoms with E-state index in [4.69, 9.17) is 0 Å². The average molecular weight is 180 g/mol. The van der Waals surface area contributed by atoms with Gasteiger partial charge in [-0.3, -0.25) is 4.68 Å². The van der Waals surface area contributed by atoms with Crippen LogP contribution in [0.1, 0.15) is 37.5 Å². The molecule has 1 atom stereocenters. The Hall–Kier alpha value is -0.900. The van der Waals surface area contributed by atoms with E-state index in [1.54, 1.807) is 0 Å². The Balaban J connectivity index is 2.22. The predicted molar refractivity (Wildman–Crippen MR) is 50.4 cm³/mol. The molecule has 2 heterocycles. The minimum atomic E-state index is 0.429. The Bertz CT molecular complexity index is 286. The fourth-order valence-electron chi connectivity index (χ4n) is 1.81. The van der Waals surface area contributed by atoms with E-state index < -0.39 is 0 Å². The first-order valence-corrected chi connectivity index (χ1v) is 4.94. The van der Waals surface area contributed by atoms with Crippen molar-refractivity contribution in [3.8, 4) is 0 Å². The lowest BCUT2D eigenvalue weighted by Gasteiger charge is -2.07. The standard InChI is InChI=1S/C9H16N4/c1-3-8-11-9(13(2)12-8)7-5-4-6-10-7/h7,10H,3-6H2,1-2H3. The van der Waals surface area contributed by atoms with Crippen molar-refractivity contribution in [3.05, 3.63) is 11.6 Å². The average Bonchev–Trinajstić information content (AvgIpc) is 2.72. The van der Waals surface area contributed by atoms with E-state index in [1.165, 1.54) is 12.8 Å². The molecule has 1 aromatic heterocycles. The van der Waals surface area contributed by atoms with Crippen LogP contribution in [-0.4, -0.2) is 21.3 Å². The van der Waals surface area contributed by atoms with Gasteiger partial charge in [0.2, 0.25) is 0 Å². The van der Waals surface area contributed by atoms with Gasteiger partial charge >= 0.3 is 0 Å². The SMILES string of the molecule is CCc1nc(C2CCCN2)n(C)n1. The summed E-state index contributed by atoms with van der Waals surface area (Å²) in [5.74, 6) is 2.04. The van der Waals surface area contributed by atoms with Gasteiger partial charge in [-0.1, -0.05) is 6.92 Å². The first-order chi connectivity index (χ1) is 6.31. The van der Waals surface area contributed by atoms with Crippen LogP contribution < -0.4 is 5.32 Å². The molecule has 0 bridgehead atoms. The number of hydrogen-bond acceptors (Lipinski definition) is 3. The lowest BCUT2D eigenvalue weighted by molar-refractivity contribution is 0.559. The first-order valence-electron chi connectivity index (χ1n) is 4.94. The lowest BCUT2D eigenvalue weighted by Crippen LogP contribution is -2.17. The van der Waals surface area contributed by atoms with Gasteiger partial charge < -0.3 is 5.32 Å². The molecule has 2 rings (SSSR count). The van der Waals surface area contributed by atoms with Crippen molar-refractivity contribution in [1.82, 2.24) is 20.1 Å². The van der Waals surface area contributed by atoms with Crippen LogP contribution in [0.5, 0.6) is 0 Å². The van der Waals surface area contributed by atoms with E-state index in [-0.39, 0.29) is 0 Å². The molecule has 1 fully saturated rings. The van der Waals surface area contributed by atoms with Crippen LogP contribution in [0.25, 0.3) is 0 Å². The molecule has 1 aromatic rings. The molecule has 0 aliphatic carbocycles. The zero-order valence-electron chi connectivity index (χ0n) is 8.25. The van der Waals surface area contributed by atoms with Crippen LogP contribution in [0.4, 0.5) is 0 Å². The highest BCUT2D eigenvalue weighted by atomic mass is 15.3. The van der Waals surface area contributed by atoms with E-state index in [0.29, 0.717) is 6.04 Å². The van der Waals surface area contributed by atoms with Crippen LogP contribution >= 0.6 is 0 Å². The molecule has 4 nitrogen and oxygen atoms in total. The Morgan fingerprint density at radius 3 is 3.00 bits per heavy atom. The molecule has 0 aromatic carbocycles. The van der Waals surface area contributed by atoms with Crippen molar-refractivity contribution in [1.29, 1.82) is 0 Å². The second-order valence-corrected chi connectivity index (χ2v) is 3.51. The smallest absolute Gasteiger partial charge is 0.150 e. The highest BCUT2D eigenvalue weighted by Gasteiger charge is 2.21. The molecule has 0 radical (unpaired) electrons. The van der Waals surface area contributed by atoms with Crippen molar-refractivity contribution in [3.63, 3.8) is 0 Å². The molecular formula is C9H16N4. The van der Waals surface area contributed by atoms with Crippen LogP contribution in [0.3, 0.4) is 0 Å². The third-order valence-electron chi connectivity index (χ3n) is 2.53. The van der Waals surface area contributed by atoms with Gasteiger partial charge in [0.05, 0.1) is 6.04 Å². The van der Waals surface area contributed by atoms with Gasteiger partial charge in [0.25, 0.3) is 0 Å². The van der Waals surface area contributed by atoms with Crippen LogP contribution in [0, 0.1) is 0 Å². The summed E-state index contributed by atoms with van der Waals surface area (Å²) in [6.45, 7) is 3.19. The van der Waals surface area contributed by atoms with Crippen molar-refractivity contribution < 1.29 is 0 Å². The molecule has 1 aliphatic heterocycles. The van der Waals surface area contributed by atoms with Crippen LogP contribution in [-0.2, 0) is 13.5 Å². The van der Waals surface area contributed by atoms with Crippen molar-refractivity contribution in [2.75, 3.05) is 6.54 Å². The summed E-state index contributed by atoms with van der Waals surface area (Å²) in [7, 11) is 1.97. The second kappa shape index (κ2) is 3.46. The Labute approximate surface area is 78.4 Å². The molecule has 0 saturated carbocycles. The third-order valence-corrected chi connectivity index (χ3v) is 2.53. The van der Waals surface area contributed by atoms with Gasteiger partial charge in [0.15, 0.2) is 5.82 Å². The summed E-state index contributed by atoms with van der Waals surface area (Å²) in [4.78, 5) is 4.50. The Kier molecular flexibility index (Phi) is 2.31. The summed E-state index contributed by atoms with van der Waals surface area (Å²) in [5, 5.41) is 7.77. The fraction of sp³-hybridized carbons (Fsp3) is 0.778. The Morgan fingerprint density at radius 1 is 1.62 bits per heavy atom. The summed E-state index contributed by atoms with van der Waals surface area (Å²) in [5.41, 5.74) is 0. The minimum Gasteiger partial charge on any atom is -0.307 e. The maximum atomic E-state index is 4.50. The van der Waals surface area contributed by atoms with Gasteiger partial charge in [0, 0.05) is 13.5 Å². The van der Waals surface area contributed by atoms with Gasteiger partial charge in [-0.2, -0.15) is 5.10 Å². The monoisotopic (exact) mass is 180 g/mol. The zero-order chi connectivity index (χ0) is 9.26. The summed E-state index contributed by atoms with van der Waals surface area (Å²) < 4.78 is 1.90. The number of nitrogens with zero attached hydrogens (tertiary/aromatic N) is 3. The Morgan fingerprint density at radius 2 is 2.46 bits per heavy atom. The number of hydrogen-bond donors (Lipinski definition) is 1. The molecular weight excluding hydrogens is 164 g/mol. The second-order valence-electron chi connectivity index (χ2n) is 3.51. The molecule has 72 valence electrons. The largest absolute Gasteiger partial charge is 0.307 e. The third kappa shape index (κ3) is 1.58. The number of nitrogens with one attached hydrogen (secondary N) is 1. The van der Waals surface area contributed by atoms with Crippen LogP contribution in [0.15, 0.2) is 0 Å². The normalized spacial score (nSPS) is 22.5. The minimum absolute atomic E-state index is 0.429. The van der Waals surface area contributed by atoms with Crippen molar-refractivity contribution in [2.45, 2.75) is 32.2 Å². The highest BCUT2D eigenvalue weighted by molar-refractivity contribution is 5.00. The number of aryl methyl sites for hydroxylation is 2. The van der Waals surface area contributed by atoms with E-state index in [2.05, 4.69) is 22.3 Å². The van der Waals surface area contributed by atoms with Gasteiger partial charge in [0.1, 0.15) is 5.82 Å². The number of rotatable bonds is 2. The van der Waals surface area contributed by atoms with Crippen molar-refractivity contribution in [2.24, 2.45) is 7.05 Å². The zero-order valence-corrected chi connectivity index (χ0v) is 8.25. The van der Waals surface area contributed by atoms with E-state index in [0.717, 1.165) is 24.6 Å². The molecule has 1 aliphatic rings. The molecule has 0 spiro atoms. The first kappa shape index (κ1) is 8.69. The molecule has 1 N–H and O–H groups in total. The summed E-state index contributed by atoms with van der Waals surface area (Å²) in [6, 6.07) is 0.429. The number of aromatic nitrogens is 3. The highest BCUT2D eigenvalue weighted by Crippen LogP contribution is 2.20. The topological polar surface area (TPSA) is 42.7 Å². The maximum absolute atomic E-state index is 4.50. The van der Waals surface area contributed by atoms with Gasteiger partial charge in [-0.05, 0) is 19.4 Å². The predicted octanol–water partition coefficient (Wildman–Crippen LogP) is 0.802. The van der Waals surface area contributed by atoms with Crippen molar-refractivity contribution >= 4 is 0 Å². The maximum Gasteiger partial charge on any atom is 0.150 e. The van der Waals surface area contributed by atoms with E-state index >= 15 is 0 Å². The quantitative estimate of drug-likeness (QED) is 0.732. The van der Waals surface area contributed by atoms with Gasteiger partial charge in [-0.25, -0.2) is 4.98 Å². The van der Waals surface area contributed by atoms with E-state index in [9.17, 15) is 0 Å². The fourth-order valence-corrected chi connectivity index (χ4v) is 1.81. The lowest BCUT2D eigenvalue weighted by atomic mass is 10.2. The molecule has 13 heavy (non-hydrogen) atoms.